The second-order valence-corrected chi connectivity index (χ2v) is 7.33. The Labute approximate surface area is 179 Å². The third kappa shape index (κ3) is 5.28. The third-order valence-corrected chi connectivity index (χ3v) is 4.39. The van der Waals surface area contributed by atoms with Crippen LogP contribution in [0.15, 0.2) is 53.3 Å². The van der Waals surface area contributed by atoms with Gasteiger partial charge in [-0.2, -0.15) is 5.10 Å². The molecular weight excluding hydrogens is 398 g/mol. The standard InChI is InChI=1S/C23H25N3O5/c1-4-30-19-12-8-7-11-18(19)24-20(27)14-31-23(29)21-16-9-5-6-10-17(16)22(28)26(25-21)13-15(2)3/h5-12,15H,4,13-14H2,1-3H3,(H,24,27). The zero-order chi connectivity index (χ0) is 22.4. The number of benzene rings is 2. The van der Waals surface area contributed by atoms with Gasteiger partial charge in [0.25, 0.3) is 11.5 Å². The van der Waals surface area contributed by atoms with Gasteiger partial charge in [-0.25, -0.2) is 9.48 Å². The van der Waals surface area contributed by atoms with Crippen molar-refractivity contribution >= 4 is 28.3 Å². The Kier molecular flexibility index (Phi) is 7.02. The number of fused-ring (bicyclic) bond motifs is 1. The van der Waals surface area contributed by atoms with Gasteiger partial charge in [0, 0.05) is 11.9 Å². The quantitative estimate of drug-likeness (QED) is 0.559. The summed E-state index contributed by atoms with van der Waals surface area (Å²) in [7, 11) is 0. The summed E-state index contributed by atoms with van der Waals surface area (Å²) in [6.07, 6.45) is 0. The molecule has 0 saturated heterocycles. The second kappa shape index (κ2) is 9.88. The summed E-state index contributed by atoms with van der Waals surface area (Å²) in [5.74, 6) is -0.605. The number of hydrogen-bond donors (Lipinski definition) is 1. The molecule has 162 valence electrons. The molecule has 31 heavy (non-hydrogen) atoms. The summed E-state index contributed by atoms with van der Waals surface area (Å²) in [6, 6.07) is 13.7. The lowest BCUT2D eigenvalue weighted by Crippen LogP contribution is -2.29. The summed E-state index contributed by atoms with van der Waals surface area (Å²) in [4.78, 5) is 37.7. The molecule has 0 unspecified atom stereocenters. The topological polar surface area (TPSA) is 99.5 Å². The summed E-state index contributed by atoms with van der Waals surface area (Å²) in [5.41, 5.74) is 0.212. The molecule has 1 amide bonds. The van der Waals surface area contributed by atoms with Crippen LogP contribution in [0.3, 0.4) is 0 Å². The highest BCUT2D eigenvalue weighted by Crippen LogP contribution is 2.23. The van der Waals surface area contributed by atoms with Crippen LogP contribution in [0, 0.1) is 5.92 Å². The monoisotopic (exact) mass is 423 g/mol. The van der Waals surface area contributed by atoms with E-state index in [0.29, 0.717) is 35.4 Å². The van der Waals surface area contributed by atoms with Crippen molar-refractivity contribution in [2.24, 2.45) is 5.92 Å². The zero-order valence-electron chi connectivity index (χ0n) is 17.8. The van der Waals surface area contributed by atoms with E-state index in [2.05, 4.69) is 10.4 Å². The molecule has 1 aromatic heterocycles. The first-order valence-electron chi connectivity index (χ1n) is 10.1. The fraction of sp³-hybridized carbons (Fsp3) is 0.304. The number of hydrogen-bond acceptors (Lipinski definition) is 6. The van der Waals surface area contributed by atoms with Crippen molar-refractivity contribution in [3.8, 4) is 5.75 Å². The van der Waals surface area contributed by atoms with Gasteiger partial charge in [-0.15, -0.1) is 0 Å². The van der Waals surface area contributed by atoms with Crippen molar-refractivity contribution in [2.45, 2.75) is 27.3 Å². The smallest absolute Gasteiger partial charge is 0.359 e. The van der Waals surface area contributed by atoms with Crippen molar-refractivity contribution in [1.82, 2.24) is 9.78 Å². The highest BCUT2D eigenvalue weighted by atomic mass is 16.5. The fourth-order valence-electron chi connectivity index (χ4n) is 3.09. The maximum absolute atomic E-state index is 12.7. The Hall–Kier alpha value is -3.68. The summed E-state index contributed by atoms with van der Waals surface area (Å²) >= 11 is 0. The Morgan fingerprint density at radius 1 is 1.06 bits per heavy atom. The van der Waals surface area contributed by atoms with Crippen LogP contribution in [0.1, 0.15) is 31.3 Å². The van der Waals surface area contributed by atoms with Gasteiger partial charge >= 0.3 is 5.97 Å². The van der Waals surface area contributed by atoms with Crippen molar-refractivity contribution in [3.63, 3.8) is 0 Å². The lowest BCUT2D eigenvalue weighted by molar-refractivity contribution is -0.119. The fourth-order valence-corrected chi connectivity index (χ4v) is 3.09. The molecule has 0 radical (unpaired) electrons. The minimum atomic E-state index is -0.776. The number of carbonyl (C=O) groups is 2. The van der Waals surface area contributed by atoms with E-state index < -0.39 is 18.5 Å². The summed E-state index contributed by atoms with van der Waals surface area (Å²) < 4.78 is 11.9. The minimum Gasteiger partial charge on any atom is -0.492 e. The van der Waals surface area contributed by atoms with Crippen molar-refractivity contribution in [2.75, 3.05) is 18.5 Å². The van der Waals surface area contributed by atoms with Crippen molar-refractivity contribution in [1.29, 1.82) is 0 Å². The van der Waals surface area contributed by atoms with E-state index >= 15 is 0 Å². The summed E-state index contributed by atoms with van der Waals surface area (Å²) in [5, 5.41) is 7.65. The minimum absolute atomic E-state index is 0.00151. The van der Waals surface area contributed by atoms with Gasteiger partial charge in [0.2, 0.25) is 0 Å². The molecule has 8 nitrogen and oxygen atoms in total. The van der Waals surface area contributed by atoms with Gasteiger partial charge in [0.05, 0.1) is 17.7 Å². The normalized spacial score (nSPS) is 10.8. The Morgan fingerprint density at radius 3 is 2.45 bits per heavy atom. The number of carbonyl (C=O) groups excluding carboxylic acids is 2. The molecule has 0 fully saturated rings. The summed E-state index contributed by atoms with van der Waals surface area (Å²) in [6.45, 7) is 6.05. The number of esters is 1. The van der Waals surface area contributed by atoms with Gasteiger partial charge in [-0.1, -0.05) is 44.2 Å². The van der Waals surface area contributed by atoms with Crippen LogP contribution in [0.25, 0.3) is 10.8 Å². The molecule has 0 spiro atoms. The van der Waals surface area contributed by atoms with E-state index in [0.717, 1.165) is 0 Å². The van der Waals surface area contributed by atoms with Crippen LogP contribution in [-0.2, 0) is 16.1 Å². The highest BCUT2D eigenvalue weighted by molar-refractivity contribution is 6.03. The van der Waals surface area contributed by atoms with Gasteiger partial charge in [0.1, 0.15) is 5.75 Å². The Morgan fingerprint density at radius 2 is 1.74 bits per heavy atom. The first-order chi connectivity index (χ1) is 14.9. The molecule has 3 rings (SSSR count). The molecule has 0 atom stereocenters. The number of nitrogens with one attached hydrogen (secondary N) is 1. The van der Waals surface area contributed by atoms with Crippen LogP contribution in [0.4, 0.5) is 5.69 Å². The number of ether oxygens (including phenoxy) is 2. The molecule has 0 aliphatic heterocycles. The first kappa shape index (κ1) is 22.0. The van der Waals surface area contributed by atoms with E-state index in [4.69, 9.17) is 9.47 Å². The maximum atomic E-state index is 12.7. The van der Waals surface area contributed by atoms with E-state index in [9.17, 15) is 14.4 Å². The van der Waals surface area contributed by atoms with Crippen molar-refractivity contribution < 1.29 is 19.1 Å². The number of nitrogens with zero attached hydrogens (tertiary/aromatic N) is 2. The lowest BCUT2D eigenvalue weighted by atomic mass is 10.1. The van der Waals surface area contributed by atoms with Crippen LogP contribution in [-0.4, -0.2) is 34.9 Å². The van der Waals surface area contributed by atoms with Gasteiger partial charge in [-0.05, 0) is 31.0 Å². The van der Waals surface area contributed by atoms with Crippen molar-refractivity contribution in [3.05, 3.63) is 64.6 Å². The van der Waals surface area contributed by atoms with E-state index in [-0.39, 0.29) is 17.2 Å². The SMILES string of the molecule is CCOc1ccccc1NC(=O)COC(=O)c1nn(CC(C)C)c(=O)c2ccccc12. The first-order valence-corrected chi connectivity index (χ1v) is 10.1. The molecule has 1 heterocycles. The molecule has 0 aliphatic rings. The number of amides is 1. The molecule has 0 aliphatic carbocycles. The van der Waals surface area contributed by atoms with Gasteiger partial charge in [0.15, 0.2) is 12.3 Å². The molecule has 0 bridgehead atoms. The van der Waals surface area contributed by atoms with Crippen LogP contribution in [0.2, 0.25) is 0 Å². The molecule has 0 saturated carbocycles. The average molecular weight is 423 g/mol. The number of para-hydroxylation sites is 2. The Balaban J connectivity index is 1.78. The average Bonchev–Trinajstić information content (AvgIpc) is 2.75. The predicted molar refractivity (Wildman–Crippen MR) is 117 cm³/mol. The molecule has 3 aromatic rings. The third-order valence-electron chi connectivity index (χ3n) is 4.39. The van der Waals surface area contributed by atoms with Crippen LogP contribution in [0.5, 0.6) is 5.75 Å². The Bertz CT molecular complexity index is 1150. The molecule has 8 heteroatoms. The highest BCUT2D eigenvalue weighted by Gasteiger charge is 2.19. The number of anilines is 1. The van der Waals surface area contributed by atoms with E-state index in [1.54, 1.807) is 48.5 Å². The largest absolute Gasteiger partial charge is 0.492 e. The van der Waals surface area contributed by atoms with E-state index in [1.807, 2.05) is 20.8 Å². The molecule has 2 aromatic carbocycles. The number of rotatable bonds is 8. The molecular formula is C23H25N3O5. The molecule has 1 N–H and O–H groups in total. The predicted octanol–water partition coefficient (Wildman–Crippen LogP) is 3.25. The second-order valence-electron chi connectivity index (χ2n) is 7.33. The lowest BCUT2D eigenvalue weighted by Gasteiger charge is -2.13. The number of aromatic nitrogens is 2. The van der Waals surface area contributed by atoms with E-state index in [1.165, 1.54) is 4.68 Å². The zero-order valence-corrected chi connectivity index (χ0v) is 17.8. The maximum Gasteiger partial charge on any atom is 0.359 e. The van der Waals surface area contributed by atoms with Gasteiger partial charge < -0.3 is 14.8 Å². The van der Waals surface area contributed by atoms with Crippen LogP contribution < -0.4 is 15.6 Å². The van der Waals surface area contributed by atoms with Gasteiger partial charge in [-0.3, -0.25) is 9.59 Å². The van der Waals surface area contributed by atoms with Crippen LogP contribution >= 0.6 is 0 Å².